The Labute approximate surface area is 152 Å². The van der Waals surface area contributed by atoms with E-state index in [9.17, 15) is 9.59 Å². The average molecular weight is 393 g/mol. The summed E-state index contributed by atoms with van der Waals surface area (Å²) in [7, 11) is 1.54. The highest BCUT2D eigenvalue weighted by Gasteiger charge is 2.16. The van der Waals surface area contributed by atoms with Gasteiger partial charge in [0.2, 0.25) is 0 Å². The minimum Gasteiger partial charge on any atom is -0.332 e. The van der Waals surface area contributed by atoms with E-state index in [0.717, 1.165) is 0 Å². The molecule has 2 N–H and O–H groups in total. The van der Waals surface area contributed by atoms with Gasteiger partial charge in [0.25, 0.3) is 11.8 Å². The zero-order chi connectivity index (χ0) is 17.0. The van der Waals surface area contributed by atoms with Crippen LogP contribution in [0.25, 0.3) is 0 Å². The van der Waals surface area contributed by atoms with Gasteiger partial charge in [-0.05, 0) is 23.6 Å². The van der Waals surface area contributed by atoms with Crippen LogP contribution in [0.15, 0.2) is 29.0 Å². The maximum absolute atomic E-state index is 12.0. The summed E-state index contributed by atoms with van der Waals surface area (Å²) in [4.78, 5) is 25.3. The topological polar surface area (TPSA) is 61.4 Å². The molecule has 2 amide bonds. The van der Waals surface area contributed by atoms with Gasteiger partial charge in [0.1, 0.15) is 6.54 Å². The SMILES string of the molecule is CN(CC(=O)NNc1c(Cl)cc(Cl)cc1Cl)C(=O)c1ccsc1. The van der Waals surface area contributed by atoms with E-state index < -0.39 is 5.91 Å². The second kappa shape index (κ2) is 7.88. The number of carbonyl (C=O) groups excluding carboxylic acids is 2. The fraction of sp³-hybridized carbons (Fsp3) is 0.143. The Bertz CT molecular complexity index is 699. The van der Waals surface area contributed by atoms with Gasteiger partial charge in [-0.3, -0.25) is 20.4 Å². The second-order valence-electron chi connectivity index (χ2n) is 4.59. The number of hydrazine groups is 1. The number of rotatable bonds is 5. The zero-order valence-electron chi connectivity index (χ0n) is 11.9. The summed E-state index contributed by atoms with van der Waals surface area (Å²) >= 11 is 19.2. The van der Waals surface area contributed by atoms with Crippen molar-refractivity contribution in [3.63, 3.8) is 0 Å². The average Bonchev–Trinajstić information content (AvgIpc) is 2.99. The van der Waals surface area contributed by atoms with Crippen LogP contribution in [-0.4, -0.2) is 30.3 Å². The molecule has 5 nitrogen and oxygen atoms in total. The van der Waals surface area contributed by atoms with Crippen LogP contribution >= 0.6 is 46.1 Å². The predicted molar refractivity (Wildman–Crippen MR) is 94.5 cm³/mol. The number of amides is 2. The highest BCUT2D eigenvalue weighted by molar-refractivity contribution is 7.08. The molecule has 0 fully saturated rings. The molecule has 0 radical (unpaired) electrons. The maximum atomic E-state index is 12.0. The normalized spacial score (nSPS) is 10.3. The van der Waals surface area contributed by atoms with Crippen molar-refractivity contribution < 1.29 is 9.59 Å². The summed E-state index contributed by atoms with van der Waals surface area (Å²) in [6, 6.07) is 4.69. The summed E-state index contributed by atoms with van der Waals surface area (Å²) in [6.45, 7) is -0.121. The number of carbonyl (C=O) groups is 2. The molecule has 1 heterocycles. The third-order valence-electron chi connectivity index (χ3n) is 2.83. The van der Waals surface area contributed by atoms with Gasteiger partial charge in [-0.25, -0.2) is 0 Å². The molecule has 0 bridgehead atoms. The van der Waals surface area contributed by atoms with Crippen molar-refractivity contribution in [2.45, 2.75) is 0 Å². The van der Waals surface area contributed by atoms with Gasteiger partial charge in [-0.15, -0.1) is 0 Å². The Balaban J connectivity index is 1.92. The number of nitrogens with one attached hydrogen (secondary N) is 2. The van der Waals surface area contributed by atoms with Crippen molar-refractivity contribution in [2.75, 3.05) is 19.0 Å². The lowest BCUT2D eigenvalue weighted by Gasteiger charge is -2.17. The Morgan fingerprint density at radius 2 is 1.87 bits per heavy atom. The van der Waals surface area contributed by atoms with E-state index in [0.29, 0.717) is 16.3 Å². The van der Waals surface area contributed by atoms with Crippen molar-refractivity contribution in [3.05, 3.63) is 49.6 Å². The van der Waals surface area contributed by atoms with Crippen molar-refractivity contribution >= 4 is 63.6 Å². The second-order valence-corrected chi connectivity index (χ2v) is 6.62. The van der Waals surface area contributed by atoms with Crippen LogP contribution in [-0.2, 0) is 4.79 Å². The van der Waals surface area contributed by atoms with Gasteiger partial charge in [0, 0.05) is 17.5 Å². The summed E-state index contributed by atoms with van der Waals surface area (Å²) < 4.78 is 0. The standard InChI is InChI=1S/C14H12Cl3N3O2S/c1-20(14(22)8-2-3-23-7-8)6-12(21)18-19-13-10(16)4-9(15)5-11(13)17/h2-5,7,19H,6H2,1H3,(H,18,21). The van der Waals surface area contributed by atoms with Crippen LogP contribution in [0.3, 0.4) is 0 Å². The molecule has 0 aliphatic heterocycles. The number of hydrogen-bond acceptors (Lipinski definition) is 4. The largest absolute Gasteiger partial charge is 0.332 e. The van der Waals surface area contributed by atoms with E-state index in [1.807, 2.05) is 0 Å². The van der Waals surface area contributed by atoms with Gasteiger partial charge in [-0.2, -0.15) is 11.3 Å². The molecule has 0 saturated heterocycles. The third kappa shape index (κ3) is 4.75. The summed E-state index contributed by atoms with van der Waals surface area (Å²) in [5, 5.41) is 4.45. The molecule has 0 aliphatic carbocycles. The smallest absolute Gasteiger partial charge is 0.257 e. The molecular formula is C14H12Cl3N3O2S. The number of hydrogen-bond donors (Lipinski definition) is 2. The first-order valence-corrected chi connectivity index (χ1v) is 8.43. The van der Waals surface area contributed by atoms with Crippen molar-refractivity contribution in [3.8, 4) is 0 Å². The van der Waals surface area contributed by atoms with E-state index in [-0.39, 0.29) is 22.5 Å². The van der Waals surface area contributed by atoms with Crippen LogP contribution in [0.5, 0.6) is 0 Å². The molecule has 9 heteroatoms. The third-order valence-corrected chi connectivity index (χ3v) is 4.33. The van der Waals surface area contributed by atoms with E-state index >= 15 is 0 Å². The molecule has 2 aromatic rings. The molecule has 23 heavy (non-hydrogen) atoms. The Morgan fingerprint density at radius 3 is 2.43 bits per heavy atom. The minimum atomic E-state index is -0.418. The Kier molecular flexibility index (Phi) is 6.12. The number of halogens is 3. The Morgan fingerprint density at radius 1 is 1.22 bits per heavy atom. The molecule has 0 spiro atoms. The molecule has 1 aromatic carbocycles. The molecule has 0 saturated carbocycles. The molecule has 0 unspecified atom stereocenters. The van der Waals surface area contributed by atoms with E-state index in [4.69, 9.17) is 34.8 Å². The molecule has 122 valence electrons. The minimum absolute atomic E-state index is 0.121. The first-order chi connectivity index (χ1) is 10.9. The first-order valence-electron chi connectivity index (χ1n) is 6.35. The van der Waals surface area contributed by atoms with Crippen LogP contribution in [0.2, 0.25) is 15.1 Å². The predicted octanol–water partition coefficient (Wildman–Crippen LogP) is 3.92. The van der Waals surface area contributed by atoms with Crippen LogP contribution in [0.1, 0.15) is 10.4 Å². The van der Waals surface area contributed by atoms with Gasteiger partial charge in [0.05, 0.1) is 21.3 Å². The molecule has 1 aromatic heterocycles. The van der Waals surface area contributed by atoms with Crippen molar-refractivity contribution in [1.82, 2.24) is 10.3 Å². The first kappa shape index (κ1) is 17.9. The van der Waals surface area contributed by atoms with Crippen LogP contribution in [0.4, 0.5) is 5.69 Å². The maximum Gasteiger partial charge on any atom is 0.257 e. The number of thiophene rings is 1. The monoisotopic (exact) mass is 391 g/mol. The molecule has 0 atom stereocenters. The van der Waals surface area contributed by atoms with E-state index in [1.54, 1.807) is 23.9 Å². The van der Waals surface area contributed by atoms with Gasteiger partial charge in [-0.1, -0.05) is 34.8 Å². The summed E-state index contributed by atoms with van der Waals surface area (Å²) in [6.07, 6.45) is 0. The zero-order valence-corrected chi connectivity index (χ0v) is 15.0. The highest BCUT2D eigenvalue weighted by Crippen LogP contribution is 2.32. The van der Waals surface area contributed by atoms with E-state index in [2.05, 4.69) is 10.9 Å². The van der Waals surface area contributed by atoms with Crippen molar-refractivity contribution in [2.24, 2.45) is 0 Å². The number of anilines is 1. The molecule has 0 aliphatic rings. The fourth-order valence-electron chi connectivity index (χ4n) is 1.73. The lowest BCUT2D eigenvalue weighted by molar-refractivity contribution is -0.121. The van der Waals surface area contributed by atoms with Gasteiger partial charge < -0.3 is 4.90 Å². The lowest BCUT2D eigenvalue weighted by atomic mass is 10.3. The van der Waals surface area contributed by atoms with Crippen LogP contribution < -0.4 is 10.9 Å². The molecule has 2 rings (SSSR count). The Hall–Kier alpha value is -1.47. The summed E-state index contributed by atoms with van der Waals surface area (Å²) in [5.41, 5.74) is 5.94. The van der Waals surface area contributed by atoms with Gasteiger partial charge >= 0.3 is 0 Å². The highest BCUT2D eigenvalue weighted by atomic mass is 35.5. The summed E-state index contributed by atoms with van der Waals surface area (Å²) in [5.74, 6) is -0.651. The van der Waals surface area contributed by atoms with Gasteiger partial charge in [0.15, 0.2) is 0 Å². The van der Waals surface area contributed by atoms with Crippen molar-refractivity contribution in [1.29, 1.82) is 0 Å². The fourth-order valence-corrected chi connectivity index (χ4v) is 3.27. The number of nitrogens with zero attached hydrogens (tertiary/aromatic N) is 1. The molecular weight excluding hydrogens is 381 g/mol. The quantitative estimate of drug-likeness (QED) is 0.758. The van der Waals surface area contributed by atoms with E-state index in [1.165, 1.54) is 28.4 Å². The number of likely N-dealkylation sites (N-methyl/N-ethyl adjacent to an activating group) is 1. The lowest BCUT2D eigenvalue weighted by Crippen LogP contribution is -2.40. The van der Waals surface area contributed by atoms with Crippen LogP contribution in [0, 0.1) is 0 Å². The number of benzene rings is 1.